The van der Waals surface area contributed by atoms with Crippen LogP contribution in [0.15, 0.2) is 0 Å². The van der Waals surface area contributed by atoms with E-state index in [1.807, 2.05) is 11.9 Å². The van der Waals surface area contributed by atoms with Crippen LogP contribution in [0.2, 0.25) is 0 Å². The Balaban J connectivity index is 1.71. The number of carbonyl (C=O) groups is 1. The molecule has 0 radical (unpaired) electrons. The van der Waals surface area contributed by atoms with Crippen LogP contribution in [0.4, 0.5) is 0 Å². The Morgan fingerprint density at radius 2 is 1.81 bits per heavy atom. The second kappa shape index (κ2) is 6.63. The Kier molecular flexibility index (Phi) is 5.28. The molecular formula is C16H31N3O2. The molecule has 1 saturated carbocycles. The van der Waals surface area contributed by atoms with Gasteiger partial charge in [-0.05, 0) is 25.3 Å². The lowest BCUT2D eigenvalue weighted by molar-refractivity contribution is -0.134. The maximum Gasteiger partial charge on any atom is 0.236 e. The van der Waals surface area contributed by atoms with E-state index >= 15 is 0 Å². The Morgan fingerprint density at radius 1 is 1.24 bits per heavy atom. The van der Waals surface area contributed by atoms with Gasteiger partial charge in [0.2, 0.25) is 5.91 Å². The average Bonchev–Trinajstić information content (AvgIpc) is 3.22. The molecule has 1 heterocycles. The summed E-state index contributed by atoms with van der Waals surface area (Å²) in [6.07, 6.45) is 2.16. The normalized spacial score (nSPS) is 22.7. The summed E-state index contributed by atoms with van der Waals surface area (Å²) in [6, 6.07) is 0.636. The van der Waals surface area contributed by atoms with Crippen LogP contribution in [0.25, 0.3) is 0 Å². The molecule has 122 valence electrons. The van der Waals surface area contributed by atoms with Gasteiger partial charge in [-0.3, -0.25) is 14.6 Å². The highest BCUT2D eigenvalue weighted by atomic mass is 16.3. The minimum atomic E-state index is -0.319. The van der Waals surface area contributed by atoms with Gasteiger partial charge < -0.3 is 10.0 Å². The van der Waals surface area contributed by atoms with Crippen molar-refractivity contribution in [1.29, 1.82) is 0 Å². The zero-order chi connectivity index (χ0) is 15.6. The molecule has 0 unspecified atom stereocenters. The van der Waals surface area contributed by atoms with Gasteiger partial charge >= 0.3 is 0 Å². The van der Waals surface area contributed by atoms with Crippen LogP contribution < -0.4 is 0 Å². The second-order valence-electron chi connectivity index (χ2n) is 7.71. The number of amides is 1. The zero-order valence-electron chi connectivity index (χ0n) is 14.0. The van der Waals surface area contributed by atoms with E-state index in [0.717, 1.165) is 26.2 Å². The van der Waals surface area contributed by atoms with Crippen molar-refractivity contribution in [1.82, 2.24) is 14.7 Å². The topological polar surface area (TPSA) is 47.0 Å². The van der Waals surface area contributed by atoms with Crippen molar-refractivity contribution in [2.75, 3.05) is 46.3 Å². The number of β-amino-alcohol motifs (C(OH)–C–C–N with tert-alkyl or cyclic N) is 1. The lowest BCUT2D eigenvalue weighted by Gasteiger charge is -2.38. The molecule has 1 saturated heterocycles. The average molecular weight is 297 g/mol. The summed E-state index contributed by atoms with van der Waals surface area (Å²) < 4.78 is 0. The molecular weight excluding hydrogens is 266 g/mol. The van der Waals surface area contributed by atoms with E-state index in [-0.39, 0.29) is 17.4 Å². The predicted molar refractivity (Wildman–Crippen MR) is 84.1 cm³/mol. The van der Waals surface area contributed by atoms with Gasteiger partial charge in [-0.15, -0.1) is 0 Å². The molecule has 1 N–H and O–H groups in total. The molecule has 2 rings (SSSR count). The van der Waals surface area contributed by atoms with E-state index < -0.39 is 0 Å². The highest BCUT2D eigenvalue weighted by Crippen LogP contribution is 2.25. The van der Waals surface area contributed by atoms with Gasteiger partial charge in [0.15, 0.2) is 0 Å². The molecule has 2 aliphatic rings. The number of aliphatic hydroxyl groups excluding tert-OH is 1. The Hall–Kier alpha value is -0.650. The van der Waals surface area contributed by atoms with E-state index in [0.29, 0.717) is 19.1 Å². The van der Waals surface area contributed by atoms with Gasteiger partial charge in [-0.25, -0.2) is 0 Å². The van der Waals surface area contributed by atoms with Crippen LogP contribution in [0.1, 0.15) is 33.6 Å². The predicted octanol–water partition coefficient (Wildman–Crippen LogP) is 0.632. The van der Waals surface area contributed by atoms with Crippen molar-refractivity contribution >= 4 is 5.91 Å². The third kappa shape index (κ3) is 4.94. The van der Waals surface area contributed by atoms with Crippen molar-refractivity contribution in [2.24, 2.45) is 5.41 Å². The van der Waals surface area contributed by atoms with Gasteiger partial charge in [-0.1, -0.05) is 20.8 Å². The number of hydrogen-bond donors (Lipinski definition) is 1. The van der Waals surface area contributed by atoms with Crippen LogP contribution in [0, 0.1) is 5.41 Å². The summed E-state index contributed by atoms with van der Waals surface area (Å²) >= 11 is 0. The van der Waals surface area contributed by atoms with Crippen molar-refractivity contribution in [3.63, 3.8) is 0 Å². The van der Waals surface area contributed by atoms with Gasteiger partial charge in [-0.2, -0.15) is 0 Å². The minimum Gasteiger partial charge on any atom is -0.391 e. The van der Waals surface area contributed by atoms with E-state index in [2.05, 4.69) is 30.6 Å². The Labute approximate surface area is 128 Å². The summed E-state index contributed by atoms with van der Waals surface area (Å²) in [5.41, 5.74) is -0.0834. The Morgan fingerprint density at radius 3 is 2.29 bits per heavy atom. The van der Waals surface area contributed by atoms with Crippen molar-refractivity contribution in [2.45, 2.75) is 45.8 Å². The molecule has 1 atom stereocenters. The van der Waals surface area contributed by atoms with Gasteiger partial charge in [0.05, 0.1) is 12.6 Å². The maximum atomic E-state index is 12.2. The SMILES string of the molecule is CN(CC(=O)N1CCN(C[C@H](O)C(C)(C)C)CC1)C1CC1. The van der Waals surface area contributed by atoms with Crippen LogP contribution in [-0.4, -0.2) is 84.2 Å². The molecule has 2 fully saturated rings. The smallest absolute Gasteiger partial charge is 0.236 e. The molecule has 0 aromatic carbocycles. The van der Waals surface area contributed by atoms with Crippen LogP contribution >= 0.6 is 0 Å². The number of likely N-dealkylation sites (N-methyl/N-ethyl adjacent to an activating group) is 1. The minimum absolute atomic E-state index is 0.0834. The van der Waals surface area contributed by atoms with Crippen LogP contribution in [-0.2, 0) is 4.79 Å². The Bertz CT molecular complexity index is 355. The number of rotatable bonds is 5. The maximum absolute atomic E-state index is 12.2. The second-order valence-corrected chi connectivity index (χ2v) is 7.71. The lowest BCUT2D eigenvalue weighted by Crippen LogP contribution is -2.53. The molecule has 1 aliphatic heterocycles. The third-order valence-electron chi connectivity index (χ3n) is 4.71. The molecule has 0 spiro atoms. The number of nitrogens with zero attached hydrogens (tertiary/aromatic N) is 3. The van der Waals surface area contributed by atoms with E-state index in [4.69, 9.17) is 0 Å². The first-order chi connectivity index (χ1) is 9.77. The van der Waals surface area contributed by atoms with Crippen LogP contribution in [0.3, 0.4) is 0 Å². The number of aliphatic hydroxyl groups is 1. The van der Waals surface area contributed by atoms with Gasteiger partial charge in [0, 0.05) is 38.8 Å². The fourth-order valence-electron chi connectivity index (χ4n) is 2.66. The van der Waals surface area contributed by atoms with Gasteiger partial charge in [0.1, 0.15) is 0 Å². The number of carbonyl (C=O) groups excluding carboxylic acids is 1. The third-order valence-corrected chi connectivity index (χ3v) is 4.71. The molecule has 1 aliphatic carbocycles. The van der Waals surface area contributed by atoms with E-state index in [9.17, 15) is 9.90 Å². The monoisotopic (exact) mass is 297 g/mol. The van der Waals surface area contributed by atoms with Gasteiger partial charge in [0.25, 0.3) is 0 Å². The van der Waals surface area contributed by atoms with Crippen LogP contribution in [0.5, 0.6) is 0 Å². The fraction of sp³-hybridized carbons (Fsp3) is 0.938. The quantitative estimate of drug-likeness (QED) is 0.809. The standard InChI is InChI=1S/C16H31N3O2/c1-16(2,3)14(20)11-18-7-9-19(10-8-18)15(21)12-17(4)13-5-6-13/h13-14,20H,5-12H2,1-4H3/t14-/m0/s1. The molecule has 21 heavy (non-hydrogen) atoms. The largest absolute Gasteiger partial charge is 0.391 e. The summed E-state index contributed by atoms with van der Waals surface area (Å²) in [5, 5.41) is 10.2. The lowest BCUT2D eigenvalue weighted by atomic mass is 9.89. The molecule has 1 amide bonds. The molecule has 0 aromatic heterocycles. The first-order valence-electron chi connectivity index (χ1n) is 8.16. The first kappa shape index (κ1) is 16.7. The summed E-state index contributed by atoms with van der Waals surface area (Å²) in [6.45, 7) is 10.7. The first-order valence-corrected chi connectivity index (χ1v) is 8.16. The van der Waals surface area contributed by atoms with Crippen molar-refractivity contribution < 1.29 is 9.90 Å². The summed E-state index contributed by atoms with van der Waals surface area (Å²) in [4.78, 5) is 18.7. The zero-order valence-corrected chi connectivity index (χ0v) is 14.0. The summed E-state index contributed by atoms with van der Waals surface area (Å²) in [5.74, 6) is 0.250. The molecule has 0 aromatic rings. The molecule has 5 heteroatoms. The number of piperazine rings is 1. The molecule has 5 nitrogen and oxygen atoms in total. The highest BCUT2D eigenvalue weighted by molar-refractivity contribution is 5.78. The summed E-state index contributed by atoms with van der Waals surface area (Å²) in [7, 11) is 2.05. The highest BCUT2D eigenvalue weighted by Gasteiger charge is 2.30. The van der Waals surface area contributed by atoms with E-state index in [1.165, 1.54) is 12.8 Å². The molecule has 0 bridgehead atoms. The van der Waals surface area contributed by atoms with Crippen molar-refractivity contribution in [3.05, 3.63) is 0 Å². The number of hydrogen-bond acceptors (Lipinski definition) is 4. The van der Waals surface area contributed by atoms with Crippen molar-refractivity contribution in [3.8, 4) is 0 Å². The fourth-order valence-corrected chi connectivity index (χ4v) is 2.66. The van der Waals surface area contributed by atoms with E-state index in [1.54, 1.807) is 0 Å².